The van der Waals surface area contributed by atoms with Gasteiger partial charge in [-0.05, 0) is 127 Å². The molecule has 13 rings (SSSR count). The highest BCUT2D eigenvalue weighted by Gasteiger charge is 2.29. The number of rotatable bonds is 8. The van der Waals surface area contributed by atoms with Crippen LogP contribution >= 0.6 is 0 Å². The van der Waals surface area contributed by atoms with E-state index in [1.54, 1.807) is 12.1 Å². The van der Waals surface area contributed by atoms with Gasteiger partial charge in [-0.15, -0.1) is 0 Å². The SMILES string of the molecule is CC(C)c1ccc(N(C2=CCCC=C2)c2ccc3c4cc5c(cc4n4c6cccc(F)c6c2c34)c2ccc(N(c3ccccc3)c3ccc(C(C)C)cc3)c3c4c(F)cccc4n5c23)cc1. The maximum absolute atomic E-state index is 16.7. The third-order valence-corrected chi connectivity index (χ3v) is 14.3. The summed E-state index contributed by atoms with van der Waals surface area (Å²) in [7, 11) is 0. The number of para-hydroxylation sites is 1. The molecule has 1 aliphatic carbocycles. The molecule has 0 unspecified atom stereocenters. The van der Waals surface area contributed by atoms with Crippen LogP contribution in [0.15, 0.2) is 176 Å². The summed E-state index contributed by atoms with van der Waals surface area (Å²) in [6.45, 7) is 8.84. The van der Waals surface area contributed by atoms with E-state index in [0.717, 1.165) is 112 Å². The summed E-state index contributed by atoms with van der Waals surface area (Å²) in [5.74, 6) is 0.296. The van der Waals surface area contributed by atoms with Crippen LogP contribution in [0.5, 0.6) is 0 Å². The lowest BCUT2D eigenvalue weighted by molar-refractivity contribution is 0.640. The van der Waals surface area contributed by atoms with Crippen LogP contribution in [0, 0.1) is 11.6 Å². The van der Waals surface area contributed by atoms with Gasteiger partial charge in [0.05, 0.1) is 44.5 Å². The van der Waals surface area contributed by atoms with E-state index in [0.29, 0.717) is 22.6 Å². The van der Waals surface area contributed by atoms with Gasteiger partial charge in [0.25, 0.3) is 0 Å². The second-order valence-electron chi connectivity index (χ2n) is 18.6. The van der Waals surface area contributed by atoms with Crippen molar-refractivity contribution < 1.29 is 8.78 Å². The van der Waals surface area contributed by atoms with Gasteiger partial charge in [-0.2, -0.15) is 0 Å². The molecule has 4 nitrogen and oxygen atoms in total. The highest BCUT2D eigenvalue weighted by molar-refractivity contribution is 6.32. The minimum atomic E-state index is -0.254. The van der Waals surface area contributed by atoms with Crippen molar-refractivity contribution in [3.05, 3.63) is 198 Å². The zero-order valence-corrected chi connectivity index (χ0v) is 37.3. The summed E-state index contributed by atoms with van der Waals surface area (Å²) in [5.41, 5.74) is 14.1. The molecular weight excluding hydrogens is 815 g/mol. The summed E-state index contributed by atoms with van der Waals surface area (Å²) in [6, 6.07) is 52.2. The molecule has 0 atom stereocenters. The largest absolute Gasteiger partial charge is 0.310 e. The fourth-order valence-electron chi connectivity index (χ4n) is 11.2. The molecule has 0 fully saturated rings. The first-order valence-electron chi connectivity index (χ1n) is 23.2. The number of anilines is 5. The topological polar surface area (TPSA) is 15.3 Å². The van der Waals surface area contributed by atoms with E-state index in [9.17, 15) is 0 Å². The number of aromatic nitrogens is 2. The number of benzene rings is 8. The lowest BCUT2D eigenvalue weighted by Crippen LogP contribution is -2.16. The minimum absolute atomic E-state index is 0.244. The van der Waals surface area contributed by atoms with Crippen LogP contribution in [0.1, 0.15) is 63.5 Å². The number of hydrogen-bond acceptors (Lipinski definition) is 2. The van der Waals surface area contributed by atoms with E-state index in [-0.39, 0.29) is 11.6 Å². The first-order chi connectivity index (χ1) is 32.3. The van der Waals surface area contributed by atoms with Gasteiger partial charge in [0.15, 0.2) is 0 Å². The molecule has 4 heterocycles. The summed E-state index contributed by atoms with van der Waals surface area (Å²) < 4.78 is 37.9. The molecule has 12 aromatic rings. The van der Waals surface area contributed by atoms with E-state index < -0.39 is 0 Å². The fourth-order valence-corrected chi connectivity index (χ4v) is 11.2. The van der Waals surface area contributed by atoms with Gasteiger partial charge in [0.1, 0.15) is 11.6 Å². The van der Waals surface area contributed by atoms with Crippen molar-refractivity contribution in [2.45, 2.75) is 52.4 Å². The molecule has 8 aromatic carbocycles. The summed E-state index contributed by atoms with van der Waals surface area (Å²) in [5, 5.41) is 7.16. The Balaban J connectivity index is 1.11. The Morgan fingerprint density at radius 2 is 0.924 bits per heavy atom. The van der Waals surface area contributed by atoms with Crippen LogP contribution in [-0.2, 0) is 0 Å². The Kier molecular flexibility index (Phi) is 8.45. The Bertz CT molecular complexity index is 3950. The molecule has 0 bridgehead atoms. The van der Waals surface area contributed by atoms with Crippen molar-refractivity contribution in [2.24, 2.45) is 0 Å². The van der Waals surface area contributed by atoms with Gasteiger partial charge in [0, 0.05) is 65.8 Å². The molecule has 0 amide bonds. The smallest absolute Gasteiger partial charge is 0.133 e. The van der Waals surface area contributed by atoms with Gasteiger partial charge in [-0.25, -0.2) is 8.78 Å². The molecule has 1 aliphatic rings. The minimum Gasteiger partial charge on any atom is -0.310 e. The first-order valence-corrected chi connectivity index (χ1v) is 23.2. The number of allylic oxidation sites excluding steroid dienone is 3. The molecule has 66 heavy (non-hydrogen) atoms. The zero-order chi connectivity index (χ0) is 44.5. The molecular formula is C60H46F2N4. The predicted octanol–water partition coefficient (Wildman–Crippen LogP) is 17.4. The Morgan fingerprint density at radius 3 is 1.41 bits per heavy atom. The number of fused-ring (bicyclic) bond motifs is 12. The normalized spacial score (nSPS) is 13.5. The zero-order valence-electron chi connectivity index (χ0n) is 37.3. The monoisotopic (exact) mass is 860 g/mol. The maximum Gasteiger partial charge on any atom is 0.133 e. The van der Waals surface area contributed by atoms with Gasteiger partial charge >= 0.3 is 0 Å². The Labute approximate surface area is 381 Å². The third kappa shape index (κ3) is 5.42. The number of nitrogens with zero attached hydrogens (tertiary/aromatic N) is 4. The van der Waals surface area contributed by atoms with Gasteiger partial charge < -0.3 is 18.6 Å². The van der Waals surface area contributed by atoms with Crippen LogP contribution in [-0.4, -0.2) is 8.80 Å². The average Bonchev–Trinajstić information content (AvgIpc) is 4.07. The van der Waals surface area contributed by atoms with Crippen molar-refractivity contribution in [1.82, 2.24) is 8.80 Å². The lowest BCUT2D eigenvalue weighted by atomic mass is 10.0. The fraction of sp³-hybridized carbons (Fsp3) is 0.133. The molecule has 6 heteroatoms. The third-order valence-electron chi connectivity index (χ3n) is 14.3. The molecule has 0 saturated carbocycles. The van der Waals surface area contributed by atoms with Crippen LogP contribution < -0.4 is 9.80 Å². The molecule has 320 valence electrons. The van der Waals surface area contributed by atoms with E-state index >= 15 is 8.78 Å². The van der Waals surface area contributed by atoms with Crippen LogP contribution in [0.4, 0.5) is 37.2 Å². The molecule has 0 radical (unpaired) electrons. The molecule has 0 spiro atoms. The van der Waals surface area contributed by atoms with Crippen LogP contribution in [0.25, 0.3) is 76.2 Å². The Hall–Kier alpha value is -7.70. The van der Waals surface area contributed by atoms with E-state index in [1.165, 1.54) is 11.1 Å². The molecule has 0 aliphatic heterocycles. The van der Waals surface area contributed by atoms with Crippen LogP contribution in [0.3, 0.4) is 0 Å². The first kappa shape index (κ1) is 38.7. The molecule has 4 aromatic heterocycles. The van der Waals surface area contributed by atoms with Gasteiger partial charge in [-0.1, -0.05) is 107 Å². The van der Waals surface area contributed by atoms with E-state index in [2.05, 4.69) is 180 Å². The maximum atomic E-state index is 16.7. The second-order valence-corrected chi connectivity index (χ2v) is 18.6. The second kappa shape index (κ2) is 14.4. The molecule has 0 N–H and O–H groups in total. The number of halogens is 2. The van der Waals surface area contributed by atoms with E-state index in [1.807, 2.05) is 24.3 Å². The summed E-state index contributed by atoms with van der Waals surface area (Å²) in [6.07, 6.45) is 8.64. The predicted molar refractivity (Wildman–Crippen MR) is 274 cm³/mol. The summed E-state index contributed by atoms with van der Waals surface area (Å²) in [4.78, 5) is 4.56. The Morgan fingerprint density at radius 1 is 0.439 bits per heavy atom. The van der Waals surface area contributed by atoms with Crippen LogP contribution in [0.2, 0.25) is 0 Å². The number of hydrogen-bond donors (Lipinski definition) is 0. The van der Waals surface area contributed by atoms with Crippen molar-refractivity contribution in [1.29, 1.82) is 0 Å². The quantitative estimate of drug-likeness (QED) is 0.151. The van der Waals surface area contributed by atoms with Gasteiger partial charge in [0.2, 0.25) is 0 Å². The average molecular weight is 861 g/mol. The van der Waals surface area contributed by atoms with E-state index in [4.69, 9.17) is 0 Å². The van der Waals surface area contributed by atoms with Crippen molar-refractivity contribution >= 4 is 105 Å². The highest BCUT2D eigenvalue weighted by atomic mass is 19.1. The van der Waals surface area contributed by atoms with Crippen molar-refractivity contribution in [3.63, 3.8) is 0 Å². The molecule has 0 saturated heterocycles. The standard InChI is InChI=1S/C60H46F2N4/c1-35(2)37-21-25-41(26-22-37)63(39-13-7-5-8-14-39)51-31-29-43-45-33-54-46(34-53(45)65-49-19-11-17-47(61)55(49)57(51)59(43)65)44-30-32-52(58-56-48(62)18-12-20-50(56)66(54)60(44)58)64(40-15-9-6-10-16-40)42-27-23-38(24-28-42)36(3)4/h5,7-9,11-36H,6,10H2,1-4H3. The van der Waals surface area contributed by atoms with Gasteiger partial charge in [-0.3, -0.25) is 0 Å². The highest BCUT2D eigenvalue weighted by Crippen LogP contribution is 2.51. The van der Waals surface area contributed by atoms with Crippen molar-refractivity contribution in [3.8, 4) is 0 Å². The van der Waals surface area contributed by atoms with Crippen molar-refractivity contribution in [2.75, 3.05) is 9.80 Å². The summed E-state index contributed by atoms with van der Waals surface area (Å²) >= 11 is 0. The lowest BCUT2D eigenvalue weighted by Gasteiger charge is -2.29.